The van der Waals surface area contributed by atoms with Crippen molar-refractivity contribution in [1.82, 2.24) is 0 Å². The van der Waals surface area contributed by atoms with Gasteiger partial charge in [0.1, 0.15) is 5.78 Å². The zero-order valence-electron chi connectivity index (χ0n) is 11.6. The van der Waals surface area contributed by atoms with E-state index in [9.17, 15) is 14.9 Å². The van der Waals surface area contributed by atoms with Crippen LogP contribution in [0.2, 0.25) is 0 Å². The summed E-state index contributed by atoms with van der Waals surface area (Å²) in [4.78, 5) is 22.8. The number of hydrogen-bond acceptors (Lipinski definition) is 3. The molecular formula is C16H19NO3. The number of benzene rings is 1. The molecule has 1 aliphatic carbocycles. The number of nitro groups is 1. The lowest BCUT2D eigenvalue weighted by Gasteiger charge is -2.33. The molecule has 0 saturated carbocycles. The quantitative estimate of drug-likeness (QED) is 0.468. The maximum Gasteiger partial charge on any atom is 0.247 e. The molecule has 0 aromatic heterocycles. The Morgan fingerprint density at radius 3 is 2.70 bits per heavy atom. The van der Waals surface area contributed by atoms with Crippen molar-refractivity contribution >= 4 is 5.78 Å². The van der Waals surface area contributed by atoms with Crippen LogP contribution in [0.5, 0.6) is 0 Å². The van der Waals surface area contributed by atoms with E-state index >= 15 is 0 Å². The van der Waals surface area contributed by atoms with E-state index < -0.39 is 5.54 Å². The van der Waals surface area contributed by atoms with Crippen LogP contribution < -0.4 is 0 Å². The summed E-state index contributed by atoms with van der Waals surface area (Å²) in [5.74, 6) is -0.167. The van der Waals surface area contributed by atoms with Gasteiger partial charge in [0.15, 0.2) is 0 Å². The van der Waals surface area contributed by atoms with E-state index in [-0.39, 0.29) is 29.5 Å². The standard InChI is InChI=1S/C16H19NO3/c1-13(18)10-12-16(17(19)20)11-6-5-9-15(16)14-7-3-2-4-8-14/h2-4,6-8,11,15H,5,9-10,12H2,1H3/t15-,16-/m0/s1. The van der Waals surface area contributed by atoms with Gasteiger partial charge in [-0.25, -0.2) is 0 Å². The van der Waals surface area contributed by atoms with Crippen LogP contribution in [0.25, 0.3) is 0 Å². The van der Waals surface area contributed by atoms with Crippen LogP contribution in [0.3, 0.4) is 0 Å². The molecule has 0 saturated heterocycles. The summed E-state index contributed by atoms with van der Waals surface area (Å²) in [6.07, 6.45) is 5.69. The fourth-order valence-electron chi connectivity index (χ4n) is 2.97. The highest BCUT2D eigenvalue weighted by atomic mass is 16.6. The van der Waals surface area contributed by atoms with Crippen molar-refractivity contribution in [3.05, 3.63) is 58.2 Å². The van der Waals surface area contributed by atoms with Crippen LogP contribution in [-0.4, -0.2) is 16.2 Å². The Bertz CT molecular complexity index is 524. The van der Waals surface area contributed by atoms with Crippen molar-refractivity contribution < 1.29 is 9.72 Å². The van der Waals surface area contributed by atoms with E-state index in [0.717, 1.165) is 18.4 Å². The van der Waals surface area contributed by atoms with Crippen molar-refractivity contribution in [2.45, 2.75) is 44.1 Å². The Morgan fingerprint density at radius 2 is 2.10 bits per heavy atom. The molecule has 0 spiro atoms. The van der Waals surface area contributed by atoms with Crippen LogP contribution in [0.15, 0.2) is 42.5 Å². The first-order valence-corrected chi connectivity index (χ1v) is 6.93. The summed E-state index contributed by atoms with van der Waals surface area (Å²) >= 11 is 0. The first kappa shape index (κ1) is 14.4. The van der Waals surface area contributed by atoms with E-state index in [4.69, 9.17) is 0 Å². The molecule has 2 atom stereocenters. The van der Waals surface area contributed by atoms with Crippen molar-refractivity contribution in [3.63, 3.8) is 0 Å². The zero-order chi connectivity index (χ0) is 14.6. The summed E-state index contributed by atoms with van der Waals surface area (Å²) in [6.45, 7) is 1.48. The van der Waals surface area contributed by atoms with Crippen LogP contribution in [0.4, 0.5) is 0 Å². The van der Waals surface area contributed by atoms with Gasteiger partial charge < -0.3 is 4.79 Å². The lowest BCUT2D eigenvalue weighted by atomic mass is 9.71. The average molecular weight is 273 g/mol. The molecule has 2 rings (SSSR count). The highest BCUT2D eigenvalue weighted by molar-refractivity contribution is 5.75. The summed E-state index contributed by atoms with van der Waals surface area (Å²) in [7, 11) is 0. The van der Waals surface area contributed by atoms with Gasteiger partial charge in [-0.05, 0) is 31.4 Å². The maximum atomic E-state index is 11.7. The van der Waals surface area contributed by atoms with Gasteiger partial charge >= 0.3 is 0 Å². The highest BCUT2D eigenvalue weighted by Crippen LogP contribution is 2.42. The molecule has 0 N–H and O–H groups in total. The smallest absolute Gasteiger partial charge is 0.247 e. The Labute approximate surface area is 118 Å². The second-order valence-electron chi connectivity index (χ2n) is 5.39. The topological polar surface area (TPSA) is 60.2 Å². The third kappa shape index (κ3) is 2.79. The molecule has 0 fully saturated rings. The molecular weight excluding hydrogens is 254 g/mol. The first-order valence-electron chi connectivity index (χ1n) is 6.93. The minimum absolute atomic E-state index is 0.00277. The molecule has 4 nitrogen and oxygen atoms in total. The third-order valence-corrected chi connectivity index (χ3v) is 4.05. The number of hydrogen-bond donors (Lipinski definition) is 0. The van der Waals surface area contributed by atoms with Gasteiger partial charge in [-0.3, -0.25) is 10.1 Å². The van der Waals surface area contributed by atoms with Crippen LogP contribution in [-0.2, 0) is 4.79 Å². The molecule has 20 heavy (non-hydrogen) atoms. The number of allylic oxidation sites excluding steroid dienone is 1. The first-order chi connectivity index (χ1) is 9.56. The Hall–Kier alpha value is -1.97. The predicted molar refractivity (Wildman–Crippen MR) is 77.2 cm³/mol. The highest BCUT2D eigenvalue weighted by Gasteiger charge is 2.49. The Balaban J connectivity index is 2.39. The fourth-order valence-corrected chi connectivity index (χ4v) is 2.97. The van der Waals surface area contributed by atoms with Gasteiger partial charge in [-0.2, -0.15) is 0 Å². The van der Waals surface area contributed by atoms with Gasteiger partial charge in [0.25, 0.3) is 0 Å². The lowest BCUT2D eigenvalue weighted by Crippen LogP contribution is -2.44. The Kier molecular flexibility index (Phi) is 4.32. The monoisotopic (exact) mass is 273 g/mol. The molecule has 4 heteroatoms. The summed E-state index contributed by atoms with van der Waals surface area (Å²) in [6, 6.07) is 9.60. The molecule has 0 aliphatic heterocycles. The summed E-state index contributed by atoms with van der Waals surface area (Å²) in [5.41, 5.74) is -0.164. The van der Waals surface area contributed by atoms with E-state index in [2.05, 4.69) is 0 Å². The number of rotatable bonds is 5. The van der Waals surface area contributed by atoms with Crippen LogP contribution >= 0.6 is 0 Å². The van der Waals surface area contributed by atoms with E-state index in [1.807, 2.05) is 36.4 Å². The van der Waals surface area contributed by atoms with Gasteiger partial charge in [-0.1, -0.05) is 36.4 Å². The molecule has 1 aromatic rings. The zero-order valence-corrected chi connectivity index (χ0v) is 11.6. The number of nitrogens with zero attached hydrogens (tertiary/aromatic N) is 1. The van der Waals surface area contributed by atoms with Gasteiger partial charge in [-0.15, -0.1) is 0 Å². The average Bonchev–Trinajstić information content (AvgIpc) is 2.46. The van der Waals surface area contributed by atoms with Crippen molar-refractivity contribution in [2.24, 2.45) is 0 Å². The molecule has 0 bridgehead atoms. The van der Waals surface area contributed by atoms with E-state index in [0.29, 0.717) is 0 Å². The molecule has 0 unspecified atom stereocenters. The molecule has 0 radical (unpaired) electrons. The van der Waals surface area contributed by atoms with Gasteiger partial charge in [0.05, 0.1) is 5.92 Å². The lowest BCUT2D eigenvalue weighted by molar-refractivity contribution is -0.562. The second-order valence-corrected chi connectivity index (χ2v) is 5.39. The number of Topliss-reactive ketones (excluding diaryl/α,β-unsaturated/α-hetero) is 1. The van der Waals surface area contributed by atoms with Crippen molar-refractivity contribution in [3.8, 4) is 0 Å². The molecule has 0 heterocycles. The third-order valence-electron chi connectivity index (χ3n) is 4.05. The SMILES string of the molecule is CC(=O)CC[C@@]1([N+](=O)[O-])C=CCC[C@H]1c1ccccc1. The van der Waals surface area contributed by atoms with Crippen molar-refractivity contribution in [2.75, 3.05) is 0 Å². The molecule has 1 aromatic carbocycles. The maximum absolute atomic E-state index is 11.7. The van der Waals surface area contributed by atoms with Gasteiger partial charge in [0, 0.05) is 17.8 Å². The number of ketones is 1. The second kappa shape index (κ2) is 5.99. The molecule has 0 amide bonds. The predicted octanol–water partition coefficient (Wildman–Crippen LogP) is 3.50. The molecule has 1 aliphatic rings. The minimum atomic E-state index is -1.15. The normalized spacial score (nSPS) is 25.4. The minimum Gasteiger partial charge on any atom is -0.300 e. The largest absolute Gasteiger partial charge is 0.300 e. The van der Waals surface area contributed by atoms with E-state index in [1.165, 1.54) is 6.92 Å². The van der Waals surface area contributed by atoms with Crippen LogP contribution in [0.1, 0.15) is 44.1 Å². The fraction of sp³-hybridized carbons (Fsp3) is 0.438. The number of carbonyl (C=O) groups is 1. The molecule has 106 valence electrons. The van der Waals surface area contributed by atoms with Crippen LogP contribution in [0, 0.1) is 10.1 Å². The van der Waals surface area contributed by atoms with E-state index in [1.54, 1.807) is 6.08 Å². The van der Waals surface area contributed by atoms with Crippen molar-refractivity contribution in [1.29, 1.82) is 0 Å². The number of carbonyl (C=O) groups excluding carboxylic acids is 1. The Morgan fingerprint density at radius 1 is 1.40 bits per heavy atom. The summed E-state index contributed by atoms with van der Waals surface area (Å²) in [5, 5.41) is 11.7. The summed E-state index contributed by atoms with van der Waals surface area (Å²) < 4.78 is 0. The van der Waals surface area contributed by atoms with Gasteiger partial charge in [0.2, 0.25) is 5.54 Å².